The summed E-state index contributed by atoms with van der Waals surface area (Å²) in [5, 5.41) is 0.664. The zero-order valence-electron chi connectivity index (χ0n) is 17.7. The lowest BCUT2D eigenvalue weighted by atomic mass is 9.95. The van der Waals surface area contributed by atoms with Gasteiger partial charge in [-0.15, -0.1) is 0 Å². The molecule has 2 aliphatic heterocycles. The number of hydrogen-bond donors (Lipinski definition) is 1. The number of ether oxygens (including phenoxy) is 1. The minimum atomic E-state index is 0.0279. The van der Waals surface area contributed by atoms with Crippen molar-refractivity contribution >= 4 is 34.2 Å². The Morgan fingerprint density at radius 2 is 2.00 bits per heavy atom. The predicted molar refractivity (Wildman–Crippen MR) is 124 cm³/mol. The molecular formula is C24H27ClN4O2. The molecule has 1 N–H and O–H groups in total. The molecule has 2 aliphatic rings. The number of amides is 1. The second-order valence-electron chi connectivity index (χ2n) is 8.49. The third kappa shape index (κ3) is 4.14. The number of anilines is 1. The van der Waals surface area contributed by atoms with Crippen LogP contribution < -0.4 is 4.90 Å². The number of aromatic amines is 1. The van der Waals surface area contributed by atoms with Gasteiger partial charge in [-0.05, 0) is 55.7 Å². The van der Waals surface area contributed by atoms with Crippen LogP contribution in [0.1, 0.15) is 18.4 Å². The second kappa shape index (κ2) is 8.52. The number of aryl methyl sites for hydroxylation is 1. The molecule has 31 heavy (non-hydrogen) atoms. The van der Waals surface area contributed by atoms with E-state index in [0.717, 1.165) is 54.0 Å². The molecule has 7 heteroatoms. The Morgan fingerprint density at radius 3 is 2.84 bits per heavy atom. The van der Waals surface area contributed by atoms with Crippen molar-refractivity contribution in [1.29, 1.82) is 0 Å². The molecule has 0 unspecified atom stereocenters. The Morgan fingerprint density at radius 1 is 1.16 bits per heavy atom. The van der Waals surface area contributed by atoms with Gasteiger partial charge in [0.05, 0.1) is 35.2 Å². The molecule has 162 valence electrons. The molecule has 0 radical (unpaired) electrons. The van der Waals surface area contributed by atoms with Gasteiger partial charge in [0, 0.05) is 37.4 Å². The van der Waals surface area contributed by atoms with Crippen LogP contribution in [-0.2, 0) is 9.53 Å². The number of nitrogens with zero attached hydrogens (tertiary/aromatic N) is 3. The van der Waals surface area contributed by atoms with E-state index in [-0.39, 0.29) is 11.8 Å². The number of carbonyl (C=O) groups is 1. The molecule has 3 heterocycles. The maximum Gasteiger partial charge on any atom is 0.227 e. The van der Waals surface area contributed by atoms with Crippen LogP contribution >= 0.6 is 11.6 Å². The number of morpholine rings is 1. The molecule has 0 saturated carbocycles. The Hall–Kier alpha value is -2.57. The van der Waals surface area contributed by atoms with E-state index in [1.807, 2.05) is 23.1 Å². The number of benzene rings is 2. The highest BCUT2D eigenvalue weighted by molar-refractivity contribution is 6.33. The van der Waals surface area contributed by atoms with E-state index < -0.39 is 0 Å². The van der Waals surface area contributed by atoms with Gasteiger partial charge in [0.25, 0.3) is 0 Å². The van der Waals surface area contributed by atoms with E-state index >= 15 is 0 Å². The summed E-state index contributed by atoms with van der Waals surface area (Å²) in [5.41, 5.74) is 5.07. The van der Waals surface area contributed by atoms with E-state index in [1.165, 1.54) is 5.56 Å². The average Bonchev–Trinajstić information content (AvgIpc) is 3.22. The SMILES string of the molecule is Cc1ccc2[nH]c(-c3cc(N4CCC[C@H](C(=O)N5CCOCC5)C4)ccc3Cl)nc2c1. The standard InChI is InChI=1S/C24H27ClN4O2/c1-16-4-7-21-22(13-16)27-23(26-21)19-14-18(5-6-20(19)25)29-8-2-3-17(15-29)24(30)28-9-11-31-12-10-28/h4-7,13-14,17H,2-3,8-12,15H2,1H3,(H,26,27)/t17-/m0/s1. The molecule has 1 amide bonds. The molecule has 5 rings (SSSR count). The molecule has 6 nitrogen and oxygen atoms in total. The number of H-pyrrole nitrogens is 1. The van der Waals surface area contributed by atoms with Gasteiger partial charge >= 0.3 is 0 Å². The van der Waals surface area contributed by atoms with Gasteiger partial charge in [0.15, 0.2) is 0 Å². The number of hydrogen-bond acceptors (Lipinski definition) is 4. The number of nitrogens with one attached hydrogen (secondary N) is 1. The maximum atomic E-state index is 13.0. The van der Waals surface area contributed by atoms with E-state index in [1.54, 1.807) is 0 Å². The highest BCUT2D eigenvalue weighted by atomic mass is 35.5. The van der Waals surface area contributed by atoms with Gasteiger partial charge in [0.2, 0.25) is 5.91 Å². The third-order valence-corrected chi connectivity index (χ3v) is 6.63. The Labute approximate surface area is 187 Å². The largest absolute Gasteiger partial charge is 0.378 e. The Bertz CT molecular complexity index is 1110. The molecule has 2 aromatic carbocycles. The highest BCUT2D eigenvalue weighted by Crippen LogP contribution is 2.33. The lowest BCUT2D eigenvalue weighted by molar-refractivity contribution is -0.139. The summed E-state index contributed by atoms with van der Waals surface area (Å²) < 4.78 is 5.40. The highest BCUT2D eigenvalue weighted by Gasteiger charge is 2.30. The van der Waals surface area contributed by atoms with Gasteiger partial charge < -0.3 is 19.5 Å². The van der Waals surface area contributed by atoms with E-state index in [4.69, 9.17) is 21.3 Å². The predicted octanol–water partition coefficient (Wildman–Crippen LogP) is 4.27. The van der Waals surface area contributed by atoms with Crippen molar-refractivity contribution in [2.45, 2.75) is 19.8 Å². The Balaban J connectivity index is 1.39. The molecular weight excluding hydrogens is 412 g/mol. The fourth-order valence-corrected chi connectivity index (χ4v) is 4.80. The molecule has 3 aromatic rings. The van der Waals surface area contributed by atoms with Crippen molar-refractivity contribution in [3.8, 4) is 11.4 Å². The van der Waals surface area contributed by atoms with Crippen LogP contribution in [0.5, 0.6) is 0 Å². The third-order valence-electron chi connectivity index (χ3n) is 6.30. The topological polar surface area (TPSA) is 61.5 Å². The normalized spacial score (nSPS) is 19.7. The minimum absolute atomic E-state index is 0.0279. The second-order valence-corrected chi connectivity index (χ2v) is 8.90. The monoisotopic (exact) mass is 438 g/mol. The first-order valence-electron chi connectivity index (χ1n) is 11.0. The van der Waals surface area contributed by atoms with Crippen molar-refractivity contribution in [3.05, 3.63) is 47.0 Å². The van der Waals surface area contributed by atoms with Crippen LogP contribution in [0.2, 0.25) is 5.02 Å². The van der Waals surface area contributed by atoms with Gasteiger partial charge in [-0.1, -0.05) is 17.7 Å². The number of aromatic nitrogens is 2. The molecule has 2 saturated heterocycles. The van der Waals surface area contributed by atoms with E-state index in [2.05, 4.69) is 35.0 Å². The molecule has 2 fully saturated rings. The van der Waals surface area contributed by atoms with E-state index in [9.17, 15) is 4.79 Å². The van der Waals surface area contributed by atoms with Crippen molar-refractivity contribution in [3.63, 3.8) is 0 Å². The lowest BCUT2D eigenvalue weighted by Gasteiger charge is -2.37. The Kier molecular flexibility index (Phi) is 5.59. The average molecular weight is 439 g/mol. The first-order chi connectivity index (χ1) is 15.1. The van der Waals surface area contributed by atoms with Crippen LogP contribution in [0.3, 0.4) is 0 Å². The van der Waals surface area contributed by atoms with Crippen molar-refractivity contribution in [1.82, 2.24) is 14.9 Å². The van der Waals surface area contributed by atoms with Crippen LogP contribution in [0, 0.1) is 12.8 Å². The fourth-order valence-electron chi connectivity index (χ4n) is 4.59. The molecule has 1 atom stereocenters. The van der Waals surface area contributed by atoms with E-state index in [0.29, 0.717) is 31.3 Å². The quantitative estimate of drug-likeness (QED) is 0.663. The van der Waals surface area contributed by atoms with Gasteiger partial charge in [-0.3, -0.25) is 4.79 Å². The summed E-state index contributed by atoms with van der Waals surface area (Å²) in [7, 11) is 0. The van der Waals surface area contributed by atoms with Crippen LogP contribution in [0.25, 0.3) is 22.4 Å². The lowest BCUT2D eigenvalue weighted by Crippen LogP contribution is -2.48. The summed E-state index contributed by atoms with van der Waals surface area (Å²) in [6.07, 6.45) is 1.94. The fraction of sp³-hybridized carbons (Fsp3) is 0.417. The minimum Gasteiger partial charge on any atom is -0.378 e. The zero-order valence-corrected chi connectivity index (χ0v) is 18.5. The van der Waals surface area contributed by atoms with Gasteiger partial charge in [-0.25, -0.2) is 4.98 Å². The molecule has 1 aromatic heterocycles. The number of piperidine rings is 1. The number of imidazole rings is 1. The summed E-state index contributed by atoms with van der Waals surface area (Å²) in [6, 6.07) is 12.2. The van der Waals surface area contributed by atoms with Crippen LogP contribution in [0.15, 0.2) is 36.4 Å². The molecule has 0 spiro atoms. The van der Waals surface area contributed by atoms with Gasteiger partial charge in [-0.2, -0.15) is 0 Å². The number of rotatable bonds is 3. The van der Waals surface area contributed by atoms with Crippen molar-refractivity contribution in [2.75, 3.05) is 44.3 Å². The number of halogens is 1. The molecule has 0 aliphatic carbocycles. The van der Waals surface area contributed by atoms with Crippen molar-refractivity contribution in [2.24, 2.45) is 5.92 Å². The van der Waals surface area contributed by atoms with Crippen LogP contribution in [0.4, 0.5) is 5.69 Å². The summed E-state index contributed by atoms with van der Waals surface area (Å²) in [5.74, 6) is 1.06. The summed E-state index contributed by atoms with van der Waals surface area (Å²) >= 11 is 6.56. The summed E-state index contributed by atoms with van der Waals surface area (Å²) in [6.45, 7) is 6.41. The number of carbonyl (C=O) groups excluding carboxylic acids is 1. The summed E-state index contributed by atoms with van der Waals surface area (Å²) in [4.78, 5) is 25.4. The zero-order chi connectivity index (χ0) is 21.4. The van der Waals surface area contributed by atoms with Gasteiger partial charge in [0.1, 0.15) is 5.82 Å². The number of fused-ring (bicyclic) bond motifs is 1. The van der Waals surface area contributed by atoms with Crippen molar-refractivity contribution < 1.29 is 9.53 Å². The first kappa shape index (κ1) is 20.3. The van der Waals surface area contributed by atoms with Crippen LogP contribution in [-0.4, -0.2) is 60.2 Å². The first-order valence-corrected chi connectivity index (χ1v) is 11.3. The molecule has 0 bridgehead atoms. The maximum absolute atomic E-state index is 13.0. The smallest absolute Gasteiger partial charge is 0.227 e.